The van der Waals surface area contributed by atoms with E-state index >= 15 is 0 Å². The lowest BCUT2D eigenvalue weighted by Gasteiger charge is -2.35. The number of carbonyl (C=O) groups is 2. The maximum Gasteiger partial charge on any atom is 0.244 e. The zero-order chi connectivity index (χ0) is 28.3. The third-order valence-corrected chi connectivity index (χ3v) is 9.27. The fourth-order valence-electron chi connectivity index (χ4n) is 4.49. The first kappa shape index (κ1) is 26.5. The first-order valence-corrected chi connectivity index (χ1v) is 14.9. The lowest BCUT2D eigenvalue weighted by Crippen LogP contribution is -2.46. The first-order chi connectivity index (χ1) is 18.3. The molecule has 1 N–H and O–H groups in total. The van der Waals surface area contributed by atoms with Gasteiger partial charge in [0.2, 0.25) is 25.8 Å². The van der Waals surface area contributed by atoms with Gasteiger partial charge in [-0.3, -0.25) is 13.9 Å². The van der Waals surface area contributed by atoms with Crippen LogP contribution in [0.3, 0.4) is 0 Å². The highest BCUT2D eigenvalue weighted by atomic mass is 32.2. The summed E-state index contributed by atoms with van der Waals surface area (Å²) in [4.78, 5) is 28.2. The molecular weight excluding hydrogens is 552 g/mol. The maximum absolute atomic E-state index is 14.2. The smallest absolute Gasteiger partial charge is 0.244 e. The van der Waals surface area contributed by atoms with E-state index in [0.717, 1.165) is 28.1 Å². The number of sulfonamides is 1. The largest absolute Gasteiger partial charge is 0.356 e. The Morgan fingerprint density at radius 1 is 0.974 bits per heavy atom. The normalized spacial score (nSPS) is 18.1. The number of fused-ring (bicyclic) bond motifs is 2. The number of hydrogen-bond donors (Lipinski definition) is 1. The van der Waals surface area contributed by atoms with Crippen molar-refractivity contribution in [2.45, 2.75) is 11.4 Å². The van der Waals surface area contributed by atoms with Crippen LogP contribution >= 0.6 is 0 Å². The molecule has 2 aliphatic rings. The van der Waals surface area contributed by atoms with E-state index in [9.17, 15) is 35.2 Å². The number of benzene rings is 3. The molecule has 39 heavy (non-hydrogen) atoms. The molecule has 13 heteroatoms. The van der Waals surface area contributed by atoms with Crippen LogP contribution in [0.2, 0.25) is 0 Å². The van der Waals surface area contributed by atoms with Crippen molar-refractivity contribution in [3.63, 3.8) is 0 Å². The third kappa shape index (κ3) is 4.79. The number of rotatable bonds is 5. The minimum atomic E-state index is -4.24. The molecule has 2 aliphatic heterocycles. The molecule has 0 aliphatic carbocycles. The van der Waals surface area contributed by atoms with Gasteiger partial charge in [0.15, 0.2) is 5.78 Å². The number of nitrogens with one attached hydrogen (secondary N) is 1. The number of amides is 1. The summed E-state index contributed by atoms with van der Waals surface area (Å²) in [7, 11) is -6.64. The predicted octanol–water partition coefficient (Wildman–Crippen LogP) is 3.45. The SMILES string of the molecule is CN(c1ccc2c(c1)S(=O)(=O)C=C(C1C(=O)c3cc(F)ccc3N(Cc3ccc(F)cc3)C1=O)N2)S(C)(=O)=O. The fourth-order valence-corrected chi connectivity index (χ4v) is 6.35. The summed E-state index contributed by atoms with van der Waals surface area (Å²) >= 11 is 0. The van der Waals surface area contributed by atoms with Crippen molar-refractivity contribution in [3.8, 4) is 0 Å². The lowest BCUT2D eigenvalue weighted by atomic mass is 9.87. The molecule has 0 fully saturated rings. The topological polar surface area (TPSA) is 121 Å². The predicted molar refractivity (Wildman–Crippen MR) is 140 cm³/mol. The fraction of sp³-hybridized carbons (Fsp3) is 0.154. The van der Waals surface area contributed by atoms with E-state index in [0.29, 0.717) is 5.56 Å². The van der Waals surface area contributed by atoms with E-state index in [1.165, 1.54) is 60.5 Å². The van der Waals surface area contributed by atoms with Crippen molar-refractivity contribution in [2.24, 2.45) is 5.92 Å². The average molecular weight is 574 g/mol. The molecule has 0 saturated heterocycles. The Hall–Kier alpha value is -4.10. The van der Waals surface area contributed by atoms with Crippen LogP contribution in [0.25, 0.3) is 0 Å². The summed E-state index contributed by atoms with van der Waals surface area (Å²) in [6, 6.07) is 12.6. The number of anilines is 3. The lowest BCUT2D eigenvalue weighted by molar-refractivity contribution is -0.120. The molecule has 1 unspecified atom stereocenters. The monoisotopic (exact) mass is 573 g/mol. The van der Waals surface area contributed by atoms with Crippen LogP contribution in [0, 0.1) is 17.6 Å². The van der Waals surface area contributed by atoms with Gasteiger partial charge >= 0.3 is 0 Å². The van der Waals surface area contributed by atoms with E-state index in [2.05, 4.69) is 5.32 Å². The van der Waals surface area contributed by atoms with Crippen LogP contribution in [0.1, 0.15) is 15.9 Å². The first-order valence-electron chi connectivity index (χ1n) is 11.5. The molecule has 0 radical (unpaired) electrons. The van der Waals surface area contributed by atoms with Gasteiger partial charge < -0.3 is 10.2 Å². The van der Waals surface area contributed by atoms with Gasteiger partial charge in [-0.15, -0.1) is 0 Å². The van der Waals surface area contributed by atoms with E-state index in [4.69, 9.17) is 0 Å². The molecule has 3 aromatic carbocycles. The van der Waals surface area contributed by atoms with Gasteiger partial charge in [0.1, 0.15) is 17.6 Å². The minimum absolute atomic E-state index is 0.0360. The summed E-state index contributed by atoms with van der Waals surface area (Å²) in [5, 5.41) is 3.58. The van der Waals surface area contributed by atoms with Crippen LogP contribution in [0.5, 0.6) is 0 Å². The van der Waals surface area contributed by atoms with Crippen LogP contribution in [-0.4, -0.2) is 41.8 Å². The molecule has 0 saturated carbocycles. The van der Waals surface area contributed by atoms with Crippen LogP contribution in [0.15, 0.2) is 76.7 Å². The molecule has 3 aromatic rings. The zero-order valence-electron chi connectivity index (χ0n) is 20.6. The quantitative estimate of drug-likeness (QED) is 0.464. The highest BCUT2D eigenvalue weighted by molar-refractivity contribution is 7.94. The standard InChI is InChI=1S/C26H21F2N3O6S2/c1-30(38(2,34)35)18-8-9-20-23(12-18)39(36,37)14-21(29-20)24-25(32)19-11-17(28)7-10-22(19)31(26(24)33)13-15-3-5-16(27)6-4-15/h3-12,14,24,29H,13H2,1-2H3. The van der Waals surface area contributed by atoms with Crippen LogP contribution in [-0.2, 0) is 31.2 Å². The molecule has 0 bridgehead atoms. The van der Waals surface area contributed by atoms with Crippen molar-refractivity contribution in [2.75, 3.05) is 27.8 Å². The number of halogens is 2. The third-order valence-electron chi connectivity index (χ3n) is 6.55. The van der Waals surface area contributed by atoms with Gasteiger partial charge in [0.25, 0.3) is 0 Å². The van der Waals surface area contributed by atoms with Gasteiger partial charge in [-0.25, -0.2) is 25.6 Å². The summed E-state index contributed by atoms with van der Waals surface area (Å²) in [6.45, 7) is -0.0840. The Morgan fingerprint density at radius 2 is 1.64 bits per heavy atom. The van der Waals surface area contributed by atoms with Crippen molar-refractivity contribution >= 4 is 48.6 Å². The van der Waals surface area contributed by atoms with Gasteiger partial charge in [0, 0.05) is 18.3 Å². The Bertz CT molecular complexity index is 1790. The van der Waals surface area contributed by atoms with Crippen molar-refractivity contribution in [1.82, 2.24) is 0 Å². The zero-order valence-corrected chi connectivity index (χ0v) is 22.2. The van der Waals surface area contributed by atoms with E-state index in [1.807, 2.05) is 0 Å². The number of hydrogen-bond acceptors (Lipinski definition) is 7. The average Bonchev–Trinajstić information content (AvgIpc) is 2.86. The van der Waals surface area contributed by atoms with Gasteiger partial charge in [-0.1, -0.05) is 12.1 Å². The molecule has 5 rings (SSSR count). The Labute approximate surface area is 223 Å². The van der Waals surface area contributed by atoms with Gasteiger partial charge in [-0.05, 0) is 54.1 Å². The van der Waals surface area contributed by atoms with E-state index in [1.54, 1.807) is 0 Å². The number of ketones is 1. The molecule has 2 heterocycles. The summed E-state index contributed by atoms with van der Waals surface area (Å²) in [6.07, 6.45) is 0.968. The molecule has 0 spiro atoms. The minimum Gasteiger partial charge on any atom is -0.356 e. The molecule has 1 atom stereocenters. The summed E-state index contributed by atoms with van der Waals surface area (Å²) in [5.74, 6) is -4.39. The Morgan fingerprint density at radius 3 is 2.31 bits per heavy atom. The molecule has 0 aromatic heterocycles. The highest BCUT2D eigenvalue weighted by Crippen LogP contribution is 2.40. The van der Waals surface area contributed by atoms with Crippen molar-refractivity contribution in [1.29, 1.82) is 0 Å². The second-order valence-electron chi connectivity index (χ2n) is 9.16. The van der Waals surface area contributed by atoms with Crippen molar-refractivity contribution < 1.29 is 35.2 Å². The van der Waals surface area contributed by atoms with E-state index < -0.39 is 49.1 Å². The van der Waals surface area contributed by atoms with Crippen LogP contribution < -0.4 is 14.5 Å². The second kappa shape index (κ2) is 9.27. The Balaban J connectivity index is 1.58. The Kier molecular flexibility index (Phi) is 6.30. The number of nitrogens with zero attached hydrogens (tertiary/aromatic N) is 2. The number of carbonyl (C=O) groups excluding carboxylic acids is 2. The molecular formula is C26H21F2N3O6S2. The van der Waals surface area contributed by atoms with E-state index in [-0.39, 0.29) is 39.8 Å². The van der Waals surface area contributed by atoms with Gasteiger partial charge in [0.05, 0.1) is 40.2 Å². The maximum atomic E-state index is 14.2. The summed E-state index contributed by atoms with van der Waals surface area (Å²) < 4.78 is 78.9. The number of sulfone groups is 1. The molecule has 202 valence electrons. The second-order valence-corrected chi connectivity index (χ2v) is 12.9. The summed E-state index contributed by atoms with van der Waals surface area (Å²) in [5.41, 5.74) is 0.449. The van der Waals surface area contributed by atoms with Crippen LogP contribution in [0.4, 0.5) is 25.8 Å². The van der Waals surface area contributed by atoms with Gasteiger partial charge in [-0.2, -0.15) is 0 Å². The highest BCUT2D eigenvalue weighted by Gasteiger charge is 2.44. The van der Waals surface area contributed by atoms with Crippen molar-refractivity contribution in [3.05, 3.63) is 94.5 Å². The number of Topliss-reactive ketones (excluding diaryl/α,β-unsaturated/α-hetero) is 1. The molecule has 9 nitrogen and oxygen atoms in total. The molecule has 1 amide bonds.